The van der Waals surface area contributed by atoms with Crippen LogP contribution < -0.4 is 10.6 Å². The third kappa shape index (κ3) is 5.69. The molecule has 30 heavy (non-hydrogen) atoms. The van der Waals surface area contributed by atoms with Crippen LogP contribution in [0.4, 0.5) is 10.1 Å². The number of nitrogens with two attached hydrogens (primary N) is 1. The van der Waals surface area contributed by atoms with Gasteiger partial charge in [-0.25, -0.2) is 4.39 Å². The van der Waals surface area contributed by atoms with E-state index in [1.807, 2.05) is 9.80 Å². The molecule has 2 saturated heterocycles. The second-order valence-electron chi connectivity index (χ2n) is 7.81. The van der Waals surface area contributed by atoms with Gasteiger partial charge in [0.2, 0.25) is 5.91 Å². The van der Waals surface area contributed by atoms with E-state index in [2.05, 4.69) is 0 Å². The molecular weight excluding hydrogens is 391 g/mol. The number of carbonyl (C=O) groups excluding carboxylic acids is 2. The molecule has 3 rings (SSSR count). The quantitative estimate of drug-likeness (QED) is 0.396. The minimum atomic E-state index is -0.655. The first-order valence-electron chi connectivity index (χ1n) is 10.2. The highest BCUT2D eigenvalue weighted by Gasteiger charge is 2.30. The van der Waals surface area contributed by atoms with Gasteiger partial charge >= 0.3 is 5.97 Å². The normalized spacial score (nSPS) is 19.7. The van der Waals surface area contributed by atoms with Crippen molar-refractivity contribution in [3.63, 3.8) is 0 Å². The van der Waals surface area contributed by atoms with Crippen LogP contribution in [0.15, 0.2) is 18.2 Å². The number of nitrogens with one attached hydrogen (secondary N) is 1. The number of carbonyl (C=O) groups is 2. The van der Waals surface area contributed by atoms with Crippen molar-refractivity contribution in [1.29, 1.82) is 5.41 Å². The number of ether oxygens (including phenoxy) is 2. The van der Waals surface area contributed by atoms with E-state index in [0.29, 0.717) is 18.8 Å². The van der Waals surface area contributed by atoms with Crippen LogP contribution >= 0.6 is 0 Å². The molecule has 0 unspecified atom stereocenters. The number of hydrogen-bond acceptors (Lipinski definition) is 6. The Kier molecular flexibility index (Phi) is 7.25. The Morgan fingerprint density at radius 1 is 1.20 bits per heavy atom. The molecule has 0 saturated carbocycles. The van der Waals surface area contributed by atoms with E-state index >= 15 is 0 Å². The van der Waals surface area contributed by atoms with E-state index in [1.165, 1.54) is 0 Å². The molecule has 9 heteroatoms. The van der Waals surface area contributed by atoms with Gasteiger partial charge in [0.25, 0.3) is 0 Å². The van der Waals surface area contributed by atoms with Crippen molar-refractivity contribution in [1.82, 2.24) is 4.90 Å². The SMILES string of the molecule is CC(=O)N1CCC(O[C@@H]2CCN(c3cccc(COC(=O)CC(=N)N)c3F)C2)CC1. The van der Waals surface area contributed by atoms with E-state index in [1.54, 1.807) is 25.1 Å². The Hall–Kier alpha value is -2.68. The van der Waals surface area contributed by atoms with Gasteiger partial charge in [-0.15, -0.1) is 0 Å². The number of likely N-dealkylation sites (tertiary alicyclic amines) is 1. The number of amides is 1. The topological polar surface area (TPSA) is 109 Å². The maximum atomic E-state index is 15.0. The number of rotatable bonds is 7. The Morgan fingerprint density at radius 3 is 2.57 bits per heavy atom. The molecule has 1 aromatic carbocycles. The van der Waals surface area contributed by atoms with Gasteiger partial charge in [-0.05, 0) is 25.3 Å². The van der Waals surface area contributed by atoms with Crippen LogP contribution in [-0.2, 0) is 25.7 Å². The zero-order chi connectivity index (χ0) is 21.7. The molecule has 1 atom stereocenters. The van der Waals surface area contributed by atoms with Crippen molar-refractivity contribution in [2.45, 2.75) is 51.4 Å². The molecule has 0 aliphatic carbocycles. The van der Waals surface area contributed by atoms with Crippen molar-refractivity contribution in [2.75, 3.05) is 31.1 Å². The fraction of sp³-hybridized carbons (Fsp3) is 0.571. The molecule has 0 aromatic heterocycles. The third-order valence-corrected chi connectivity index (χ3v) is 5.54. The standard InChI is InChI=1S/C21H29FN4O4/c1-14(27)25-8-5-16(6-9-25)30-17-7-10-26(12-17)18-4-2-3-15(21(18)22)13-29-20(28)11-19(23)24/h2-4,16-17H,5-13H2,1H3,(H3,23,24)/t17-/m1/s1. The zero-order valence-corrected chi connectivity index (χ0v) is 17.2. The largest absolute Gasteiger partial charge is 0.460 e. The molecule has 2 fully saturated rings. The molecule has 0 bridgehead atoms. The lowest BCUT2D eigenvalue weighted by Crippen LogP contribution is -2.41. The van der Waals surface area contributed by atoms with Gasteiger partial charge in [0, 0.05) is 38.7 Å². The summed E-state index contributed by atoms with van der Waals surface area (Å²) in [5.74, 6) is -1.26. The van der Waals surface area contributed by atoms with Crippen molar-refractivity contribution >= 4 is 23.4 Å². The number of benzene rings is 1. The Bertz CT molecular complexity index is 795. The lowest BCUT2D eigenvalue weighted by atomic mass is 10.1. The molecule has 0 radical (unpaired) electrons. The van der Waals surface area contributed by atoms with Crippen LogP contribution in [0.2, 0.25) is 0 Å². The summed E-state index contributed by atoms with van der Waals surface area (Å²) in [6.07, 6.45) is 2.30. The Morgan fingerprint density at radius 2 is 1.90 bits per heavy atom. The van der Waals surface area contributed by atoms with E-state index < -0.39 is 11.8 Å². The lowest BCUT2D eigenvalue weighted by Gasteiger charge is -2.32. The second-order valence-corrected chi connectivity index (χ2v) is 7.81. The van der Waals surface area contributed by atoms with Gasteiger partial charge in [0.05, 0.1) is 17.9 Å². The van der Waals surface area contributed by atoms with E-state index in [0.717, 1.165) is 32.4 Å². The average Bonchev–Trinajstić information content (AvgIpc) is 3.15. The first-order chi connectivity index (χ1) is 14.3. The summed E-state index contributed by atoms with van der Waals surface area (Å²) < 4.78 is 26.2. The first-order valence-corrected chi connectivity index (χ1v) is 10.2. The molecule has 0 spiro atoms. The second kappa shape index (κ2) is 9.88. The summed E-state index contributed by atoms with van der Waals surface area (Å²) in [6.45, 7) is 4.10. The van der Waals surface area contributed by atoms with Crippen molar-refractivity contribution in [2.24, 2.45) is 5.73 Å². The Labute approximate surface area is 175 Å². The zero-order valence-electron chi connectivity index (χ0n) is 17.2. The first kappa shape index (κ1) is 22.0. The summed E-state index contributed by atoms with van der Waals surface area (Å²) in [4.78, 5) is 26.8. The molecule has 164 valence electrons. The predicted octanol–water partition coefficient (Wildman–Crippen LogP) is 1.80. The van der Waals surface area contributed by atoms with E-state index in [-0.39, 0.29) is 42.5 Å². The Balaban J connectivity index is 1.53. The van der Waals surface area contributed by atoms with Crippen molar-refractivity contribution in [3.05, 3.63) is 29.6 Å². The minimum absolute atomic E-state index is 0.0235. The predicted molar refractivity (Wildman–Crippen MR) is 110 cm³/mol. The van der Waals surface area contributed by atoms with Crippen molar-refractivity contribution in [3.8, 4) is 0 Å². The average molecular weight is 420 g/mol. The summed E-state index contributed by atoms with van der Waals surface area (Å²) in [5, 5.41) is 7.10. The number of hydrogen-bond donors (Lipinski definition) is 2. The summed E-state index contributed by atoms with van der Waals surface area (Å²) in [6, 6.07) is 5.02. The monoisotopic (exact) mass is 420 g/mol. The molecule has 2 aliphatic heterocycles. The molecule has 2 heterocycles. The number of amidine groups is 1. The lowest BCUT2D eigenvalue weighted by molar-refractivity contribution is -0.143. The number of piperidine rings is 1. The third-order valence-electron chi connectivity index (χ3n) is 5.54. The number of esters is 1. The summed E-state index contributed by atoms with van der Waals surface area (Å²) in [5.41, 5.74) is 5.92. The van der Waals surface area contributed by atoms with Gasteiger partial charge in [-0.3, -0.25) is 15.0 Å². The highest BCUT2D eigenvalue weighted by atomic mass is 19.1. The van der Waals surface area contributed by atoms with Crippen molar-refractivity contribution < 1.29 is 23.5 Å². The van der Waals surface area contributed by atoms with Crippen LogP contribution in [0, 0.1) is 11.2 Å². The highest BCUT2D eigenvalue weighted by molar-refractivity contribution is 5.94. The van der Waals surface area contributed by atoms with Crippen LogP contribution in [0.3, 0.4) is 0 Å². The number of halogens is 1. The highest BCUT2D eigenvalue weighted by Crippen LogP contribution is 2.28. The maximum absolute atomic E-state index is 15.0. The van der Waals surface area contributed by atoms with Gasteiger partial charge < -0.3 is 25.0 Å². The van der Waals surface area contributed by atoms with Gasteiger partial charge in [-0.2, -0.15) is 0 Å². The molecule has 1 amide bonds. The molecular formula is C21H29FN4O4. The fourth-order valence-electron chi connectivity index (χ4n) is 3.92. The smallest absolute Gasteiger partial charge is 0.313 e. The van der Waals surface area contributed by atoms with Gasteiger partial charge in [0.1, 0.15) is 18.9 Å². The minimum Gasteiger partial charge on any atom is -0.460 e. The van der Waals surface area contributed by atoms with Gasteiger partial charge in [0.15, 0.2) is 5.82 Å². The molecule has 3 N–H and O–H groups in total. The summed E-state index contributed by atoms with van der Waals surface area (Å²) in [7, 11) is 0. The maximum Gasteiger partial charge on any atom is 0.313 e. The van der Waals surface area contributed by atoms with Crippen LogP contribution in [-0.4, -0.2) is 61.0 Å². The number of nitrogens with zero attached hydrogens (tertiary/aromatic N) is 2. The van der Waals surface area contributed by atoms with Crippen LogP contribution in [0.5, 0.6) is 0 Å². The van der Waals surface area contributed by atoms with Crippen LogP contribution in [0.25, 0.3) is 0 Å². The number of anilines is 1. The fourth-order valence-corrected chi connectivity index (χ4v) is 3.92. The summed E-state index contributed by atoms with van der Waals surface area (Å²) >= 11 is 0. The van der Waals surface area contributed by atoms with Crippen LogP contribution in [0.1, 0.15) is 38.2 Å². The van der Waals surface area contributed by atoms with E-state index in [9.17, 15) is 14.0 Å². The molecule has 2 aliphatic rings. The van der Waals surface area contributed by atoms with Gasteiger partial charge in [-0.1, -0.05) is 12.1 Å². The molecule has 8 nitrogen and oxygen atoms in total. The van der Waals surface area contributed by atoms with E-state index in [4.69, 9.17) is 20.6 Å². The molecule has 1 aromatic rings.